The van der Waals surface area contributed by atoms with E-state index in [2.05, 4.69) is 20.1 Å². The number of hydrogen-bond donors (Lipinski definition) is 1. The Bertz CT molecular complexity index is 788. The molecular weight excluding hydrogens is 304 g/mol. The number of nitrogens with zero attached hydrogens (tertiary/aromatic N) is 6. The van der Waals surface area contributed by atoms with Crippen LogP contribution < -0.4 is 0 Å². The summed E-state index contributed by atoms with van der Waals surface area (Å²) in [7, 11) is 1.89. The zero-order valence-corrected chi connectivity index (χ0v) is 12.9. The summed E-state index contributed by atoms with van der Waals surface area (Å²) in [5.74, 6) is 0.151. The topological polar surface area (TPSA) is 80.7 Å². The Balaban J connectivity index is 1.81. The third-order valence-corrected chi connectivity index (χ3v) is 4.93. The van der Waals surface area contributed by atoms with E-state index in [1.54, 1.807) is 4.68 Å². The van der Waals surface area contributed by atoms with Gasteiger partial charge in [-0.25, -0.2) is 4.98 Å². The van der Waals surface area contributed by atoms with Gasteiger partial charge in [-0.15, -0.1) is 0 Å². The molecule has 9 heteroatoms. The SMILES string of the molecule is Cn1cc([C@@H](c2sc3ncnn3c2O)N2CCOCC2)cn1. The van der Waals surface area contributed by atoms with Crippen molar-refractivity contribution in [2.45, 2.75) is 6.04 Å². The van der Waals surface area contributed by atoms with Crippen LogP contribution in [0, 0.1) is 0 Å². The van der Waals surface area contributed by atoms with Gasteiger partial charge in [0.05, 0.1) is 30.3 Å². The predicted octanol–water partition coefficient (Wildman–Crippen LogP) is 0.651. The fourth-order valence-electron chi connectivity index (χ4n) is 2.82. The van der Waals surface area contributed by atoms with E-state index in [4.69, 9.17) is 4.74 Å². The van der Waals surface area contributed by atoms with E-state index in [1.807, 2.05) is 19.4 Å². The molecular formula is C13H16N6O2S. The van der Waals surface area contributed by atoms with Crippen LogP contribution in [0.25, 0.3) is 4.96 Å². The Kier molecular flexibility index (Phi) is 3.32. The smallest absolute Gasteiger partial charge is 0.230 e. The quantitative estimate of drug-likeness (QED) is 0.763. The van der Waals surface area contributed by atoms with E-state index in [0.29, 0.717) is 18.2 Å². The molecule has 0 aliphatic carbocycles. The number of fused-ring (bicyclic) bond motifs is 1. The van der Waals surface area contributed by atoms with E-state index in [-0.39, 0.29) is 11.9 Å². The van der Waals surface area contributed by atoms with Crippen molar-refractivity contribution in [3.63, 3.8) is 0 Å². The molecule has 4 rings (SSSR count). The highest BCUT2D eigenvalue weighted by atomic mass is 32.1. The van der Waals surface area contributed by atoms with Crippen molar-refractivity contribution in [3.05, 3.63) is 29.2 Å². The van der Waals surface area contributed by atoms with Crippen LogP contribution in [0.1, 0.15) is 16.5 Å². The van der Waals surface area contributed by atoms with Crippen molar-refractivity contribution in [1.82, 2.24) is 29.3 Å². The summed E-state index contributed by atoms with van der Waals surface area (Å²) in [6, 6.07) is -0.0638. The van der Waals surface area contributed by atoms with Crippen LogP contribution in [0.3, 0.4) is 0 Å². The molecule has 1 atom stereocenters. The van der Waals surface area contributed by atoms with Crippen LogP contribution in [0.4, 0.5) is 0 Å². The number of aryl methyl sites for hydroxylation is 1. The van der Waals surface area contributed by atoms with Gasteiger partial charge in [-0.2, -0.15) is 14.7 Å². The zero-order chi connectivity index (χ0) is 15.1. The number of rotatable bonds is 3. The number of aromatic hydroxyl groups is 1. The maximum absolute atomic E-state index is 10.5. The van der Waals surface area contributed by atoms with Gasteiger partial charge in [-0.05, 0) is 0 Å². The first-order chi connectivity index (χ1) is 10.7. The van der Waals surface area contributed by atoms with E-state index >= 15 is 0 Å². The van der Waals surface area contributed by atoms with Crippen molar-refractivity contribution in [2.75, 3.05) is 26.3 Å². The molecule has 3 aromatic heterocycles. The second-order valence-electron chi connectivity index (χ2n) is 5.24. The molecule has 1 N–H and O–H groups in total. The number of morpholine rings is 1. The Labute approximate surface area is 130 Å². The molecule has 3 aromatic rings. The van der Waals surface area contributed by atoms with Crippen LogP contribution in [0.5, 0.6) is 5.88 Å². The van der Waals surface area contributed by atoms with Crippen LogP contribution in [-0.4, -0.2) is 60.7 Å². The summed E-state index contributed by atoms with van der Waals surface area (Å²) in [6.07, 6.45) is 5.27. The molecule has 0 amide bonds. The van der Waals surface area contributed by atoms with Gasteiger partial charge in [-0.1, -0.05) is 11.3 Å². The van der Waals surface area contributed by atoms with Crippen molar-refractivity contribution in [3.8, 4) is 5.88 Å². The van der Waals surface area contributed by atoms with E-state index < -0.39 is 0 Å². The first-order valence-corrected chi connectivity index (χ1v) is 7.87. The number of thiazole rings is 1. The molecule has 0 unspecified atom stereocenters. The summed E-state index contributed by atoms with van der Waals surface area (Å²) < 4.78 is 8.70. The number of aromatic nitrogens is 5. The lowest BCUT2D eigenvalue weighted by molar-refractivity contribution is 0.0241. The van der Waals surface area contributed by atoms with Gasteiger partial charge < -0.3 is 9.84 Å². The fraction of sp³-hybridized carbons (Fsp3) is 0.462. The Hall–Kier alpha value is -1.97. The van der Waals surface area contributed by atoms with E-state index in [9.17, 15) is 5.11 Å². The Morgan fingerprint density at radius 3 is 2.82 bits per heavy atom. The van der Waals surface area contributed by atoms with Gasteiger partial charge in [0.25, 0.3) is 0 Å². The lowest BCUT2D eigenvalue weighted by Crippen LogP contribution is -2.39. The van der Waals surface area contributed by atoms with Crippen molar-refractivity contribution in [1.29, 1.82) is 0 Å². The molecule has 0 radical (unpaired) electrons. The third kappa shape index (κ3) is 2.18. The second kappa shape index (κ2) is 5.34. The molecule has 116 valence electrons. The fourth-order valence-corrected chi connectivity index (χ4v) is 3.91. The van der Waals surface area contributed by atoms with Crippen LogP contribution in [-0.2, 0) is 11.8 Å². The minimum Gasteiger partial charge on any atom is -0.492 e. The molecule has 1 saturated heterocycles. The molecule has 4 heterocycles. The minimum atomic E-state index is -0.0638. The van der Waals surface area contributed by atoms with Gasteiger partial charge >= 0.3 is 0 Å². The Morgan fingerprint density at radius 2 is 2.14 bits per heavy atom. The highest BCUT2D eigenvalue weighted by molar-refractivity contribution is 7.17. The summed E-state index contributed by atoms with van der Waals surface area (Å²) in [5, 5.41) is 18.9. The molecule has 0 aromatic carbocycles. The van der Waals surface area contributed by atoms with E-state index in [1.165, 1.54) is 22.2 Å². The van der Waals surface area contributed by atoms with Gasteiger partial charge in [0.2, 0.25) is 10.8 Å². The predicted molar refractivity (Wildman–Crippen MR) is 80.0 cm³/mol. The summed E-state index contributed by atoms with van der Waals surface area (Å²) in [4.78, 5) is 8.00. The molecule has 8 nitrogen and oxygen atoms in total. The first-order valence-electron chi connectivity index (χ1n) is 7.06. The number of hydrogen-bond acceptors (Lipinski definition) is 7. The average Bonchev–Trinajstić information content (AvgIpc) is 3.22. The molecule has 1 fully saturated rings. The van der Waals surface area contributed by atoms with Crippen LogP contribution in [0.15, 0.2) is 18.7 Å². The summed E-state index contributed by atoms with van der Waals surface area (Å²) in [5.41, 5.74) is 1.05. The third-order valence-electron chi connectivity index (χ3n) is 3.84. The molecule has 22 heavy (non-hydrogen) atoms. The van der Waals surface area contributed by atoms with Gasteiger partial charge in [0.1, 0.15) is 6.33 Å². The van der Waals surface area contributed by atoms with E-state index in [0.717, 1.165) is 23.5 Å². The lowest BCUT2D eigenvalue weighted by atomic mass is 10.1. The van der Waals surface area contributed by atoms with Gasteiger partial charge in [-0.3, -0.25) is 9.58 Å². The van der Waals surface area contributed by atoms with Crippen molar-refractivity contribution >= 4 is 16.3 Å². The monoisotopic (exact) mass is 320 g/mol. The van der Waals surface area contributed by atoms with Crippen LogP contribution >= 0.6 is 11.3 Å². The van der Waals surface area contributed by atoms with Crippen LogP contribution in [0.2, 0.25) is 0 Å². The highest BCUT2D eigenvalue weighted by Crippen LogP contribution is 2.39. The minimum absolute atomic E-state index is 0.0638. The summed E-state index contributed by atoms with van der Waals surface area (Å²) in [6.45, 7) is 3.01. The molecule has 0 saturated carbocycles. The maximum Gasteiger partial charge on any atom is 0.230 e. The normalized spacial score (nSPS) is 18.0. The standard InChI is InChI=1S/C13H16N6O2S/c1-17-7-9(6-15-17)10(18-2-4-21-5-3-18)11-12(20)19-13(22-11)14-8-16-19/h6-8,10,20H,2-5H2,1H3/t10-/m0/s1. The lowest BCUT2D eigenvalue weighted by Gasteiger charge is -2.33. The maximum atomic E-state index is 10.5. The van der Waals surface area contributed by atoms with Gasteiger partial charge in [0.15, 0.2) is 0 Å². The zero-order valence-electron chi connectivity index (χ0n) is 12.1. The largest absolute Gasteiger partial charge is 0.492 e. The van der Waals surface area contributed by atoms with Crippen molar-refractivity contribution < 1.29 is 9.84 Å². The van der Waals surface area contributed by atoms with Crippen molar-refractivity contribution in [2.24, 2.45) is 7.05 Å². The molecule has 0 bridgehead atoms. The highest BCUT2D eigenvalue weighted by Gasteiger charge is 2.31. The second-order valence-corrected chi connectivity index (χ2v) is 6.25. The molecule has 1 aliphatic rings. The molecule has 0 spiro atoms. The van der Waals surface area contributed by atoms with Gasteiger partial charge in [0, 0.05) is 31.9 Å². The summed E-state index contributed by atoms with van der Waals surface area (Å²) >= 11 is 1.46. The average molecular weight is 320 g/mol. The first kappa shape index (κ1) is 13.7. The number of ether oxygens (including phenoxy) is 1. The molecule has 1 aliphatic heterocycles. The Morgan fingerprint density at radius 1 is 1.32 bits per heavy atom.